The normalized spacial score (nSPS) is 22.4. The van der Waals surface area contributed by atoms with Gasteiger partial charge in [-0.25, -0.2) is 0 Å². The molecule has 1 saturated heterocycles. The van der Waals surface area contributed by atoms with Crippen molar-refractivity contribution in [3.63, 3.8) is 0 Å². The Morgan fingerprint density at radius 3 is 2.53 bits per heavy atom. The van der Waals surface area contributed by atoms with E-state index in [1.807, 2.05) is 0 Å². The smallest absolute Gasteiger partial charge is 0.0815 e. The van der Waals surface area contributed by atoms with E-state index in [1.165, 1.54) is 0 Å². The number of nitrogens with one attached hydrogen (secondary N) is 1. The summed E-state index contributed by atoms with van der Waals surface area (Å²) >= 11 is 0. The van der Waals surface area contributed by atoms with Crippen LogP contribution in [0.5, 0.6) is 0 Å². The van der Waals surface area contributed by atoms with Gasteiger partial charge in [-0.15, -0.1) is 0 Å². The Morgan fingerprint density at radius 1 is 1.41 bits per heavy atom. The topological polar surface area (TPSA) is 50.7 Å². The molecule has 17 heavy (non-hydrogen) atoms. The summed E-state index contributed by atoms with van der Waals surface area (Å²) in [6.45, 7) is 8.25. The van der Waals surface area contributed by atoms with E-state index in [0.29, 0.717) is 25.8 Å². The van der Waals surface area contributed by atoms with Crippen molar-refractivity contribution in [3.05, 3.63) is 0 Å². The van der Waals surface area contributed by atoms with E-state index in [1.54, 1.807) is 7.11 Å². The number of hydrogen-bond donors (Lipinski definition) is 2. The molecule has 0 amide bonds. The fourth-order valence-electron chi connectivity index (χ4n) is 2.19. The van der Waals surface area contributed by atoms with E-state index in [0.717, 1.165) is 19.3 Å². The lowest BCUT2D eigenvalue weighted by Crippen LogP contribution is -2.48. The van der Waals surface area contributed by atoms with Crippen LogP contribution in [0, 0.1) is 0 Å². The van der Waals surface area contributed by atoms with Gasteiger partial charge in [-0.1, -0.05) is 0 Å². The van der Waals surface area contributed by atoms with Gasteiger partial charge in [0.05, 0.1) is 11.2 Å². The Kier molecular flexibility index (Phi) is 5.38. The first-order valence-corrected chi connectivity index (χ1v) is 6.46. The van der Waals surface area contributed by atoms with Crippen LogP contribution < -0.4 is 5.32 Å². The van der Waals surface area contributed by atoms with Crippen LogP contribution in [0.2, 0.25) is 0 Å². The second kappa shape index (κ2) is 6.14. The van der Waals surface area contributed by atoms with Crippen molar-refractivity contribution >= 4 is 0 Å². The fourth-order valence-corrected chi connectivity index (χ4v) is 2.19. The maximum atomic E-state index is 10.3. The number of ether oxygens (including phenoxy) is 2. The molecule has 0 aromatic carbocycles. The molecule has 1 unspecified atom stereocenters. The molecular formula is C13H27NO3. The maximum Gasteiger partial charge on any atom is 0.0815 e. The molecule has 102 valence electrons. The Balaban J connectivity index is 2.29. The third-order valence-corrected chi connectivity index (χ3v) is 3.55. The third kappa shape index (κ3) is 5.34. The van der Waals surface area contributed by atoms with Crippen LogP contribution >= 0.6 is 0 Å². The average molecular weight is 245 g/mol. The second-order valence-electron chi connectivity index (χ2n) is 5.79. The molecule has 1 heterocycles. The highest BCUT2D eigenvalue weighted by Crippen LogP contribution is 2.20. The minimum atomic E-state index is -0.594. The third-order valence-electron chi connectivity index (χ3n) is 3.55. The monoisotopic (exact) mass is 245 g/mol. The van der Waals surface area contributed by atoms with Crippen LogP contribution in [0.15, 0.2) is 0 Å². The average Bonchev–Trinajstić information content (AvgIpc) is 2.27. The van der Waals surface area contributed by atoms with Crippen LogP contribution in [0.3, 0.4) is 0 Å². The summed E-state index contributed by atoms with van der Waals surface area (Å²) in [6.07, 6.45) is 2.37. The zero-order valence-corrected chi connectivity index (χ0v) is 11.6. The molecule has 2 N–H and O–H groups in total. The van der Waals surface area contributed by atoms with Crippen LogP contribution in [-0.2, 0) is 9.47 Å². The van der Waals surface area contributed by atoms with Crippen molar-refractivity contribution in [1.29, 1.82) is 0 Å². The highest BCUT2D eigenvalue weighted by Gasteiger charge is 2.30. The van der Waals surface area contributed by atoms with Crippen molar-refractivity contribution < 1.29 is 14.6 Å². The molecule has 0 radical (unpaired) electrons. The van der Waals surface area contributed by atoms with Crippen LogP contribution in [-0.4, -0.2) is 49.2 Å². The summed E-state index contributed by atoms with van der Waals surface area (Å²) in [5.74, 6) is 0. The highest BCUT2D eigenvalue weighted by atomic mass is 16.5. The number of rotatable bonds is 6. The van der Waals surface area contributed by atoms with Crippen molar-refractivity contribution in [1.82, 2.24) is 5.32 Å². The zero-order chi connectivity index (χ0) is 12.9. The number of hydrogen-bond acceptors (Lipinski definition) is 4. The molecule has 1 rings (SSSR count). The fraction of sp³-hybridized carbons (Fsp3) is 1.00. The van der Waals surface area contributed by atoms with Gasteiger partial charge in [-0.3, -0.25) is 0 Å². The zero-order valence-electron chi connectivity index (χ0n) is 11.6. The lowest BCUT2D eigenvalue weighted by Gasteiger charge is -2.34. The SMILES string of the molecule is COC(C)(C)CC(C)NCC1(O)CCOCC1. The number of methoxy groups -OCH3 is 1. The molecule has 0 saturated carbocycles. The van der Waals surface area contributed by atoms with Gasteiger partial charge in [-0.2, -0.15) is 0 Å². The summed E-state index contributed by atoms with van der Waals surface area (Å²) in [6, 6.07) is 0.330. The summed E-state index contributed by atoms with van der Waals surface area (Å²) in [5.41, 5.74) is -0.714. The van der Waals surface area contributed by atoms with E-state index in [9.17, 15) is 5.11 Å². The molecule has 4 heteroatoms. The second-order valence-corrected chi connectivity index (χ2v) is 5.79. The lowest BCUT2D eigenvalue weighted by atomic mass is 9.93. The lowest BCUT2D eigenvalue weighted by molar-refractivity contribution is -0.0643. The summed E-state index contributed by atoms with van der Waals surface area (Å²) in [5, 5.41) is 13.7. The maximum absolute atomic E-state index is 10.3. The highest BCUT2D eigenvalue weighted by molar-refractivity contribution is 4.85. The minimum Gasteiger partial charge on any atom is -0.388 e. The van der Waals surface area contributed by atoms with Gasteiger partial charge in [0, 0.05) is 45.8 Å². The molecule has 0 aromatic rings. The van der Waals surface area contributed by atoms with Gasteiger partial charge in [0.2, 0.25) is 0 Å². The molecule has 1 atom stereocenters. The largest absolute Gasteiger partial charge is 0.388 e. The van der Waals surface area contributed by atoms with E-state index in [4.69, 9.17) is 9.47 Å². The molecule has 4 nitrogen and oxygen atoms in total. The summed E-state index contributed by atoms with van der Waals surface area (Å²) < 4.78 is 10.7. The van der Waals surface area contributed by atoms with Gasteiger partial charge >= 0.3 is 0 Å². The van der Waals surface area contributed by atoms with Gasteiger partial charge in [0.15, 0.2) is 0 Å². The molecule has 1 fully saturated rings. The first-order valence-electron chi connectivity index (χ1n) is 6.46. The Hall–Kier alpha value is -0.160. The van der Waals surface area contributed by atoms with Crippen molar-refractivity contribution in [2.45, 2.75) is 57.3 Å². The van der Waals surface area contributed by atoms with Crippen LogP contribution in [0.25, 0.3) is 0 Å². The molecule has 0 aromatic heterocycles. The van der Waals surface area contributed by atoms with Crippen molar-refractivity contribution in [3.8, 4) is 0 Å². The van der Waals surface area contributed by atoms with Gasteiger partial charge in [-0.05, 0) is 27.2 Å². The molecule has 0 spiro atoms. The Morgan fingerprint density at radius 2 is 2.00 bits per heavy atom. The standard InChI is InChI=1S/C13H27NO3/c1-11(9-12(2,3)16-4)14-10-13(15)5-7-17-8-6-13/h11,14-15H,5-10H2,1-4H3. The van der Waals surface area contributed by atoms with Crippen LogP contribution in [0.1, 0.15) is 40.0 Å². The van der Waals surface area contributed by atoms with E-state index in [2.05, 4.69) is 26.1 Å². The number of aliphatic hydroxyl groups is 1. The first-order chi connectivity index (χ1) is 7.87. The first kappa shape index (κ1) is 14.9. The summed E-state index contributed by atoms with van der Waals surface area (Å²) in [4.78, 5) is 0. The summed E-state index contributed by atoms with van der Waals surface area (Å²) in [7, 11) is 1.73. The van der Waals surface area contributed by atoms with Gasteiger partial charge < -0.3 is 19.9 Å². The minimum absolute atomic E-state index is 0.120. The molecule has 1 aliphatic rings. The molecule has 0 aliphatic carbocycles. The van der Waals surface area contributed by atoms with E-state index < -0.39 is 5.60 Å². The van der Waals surface area contributed by atoms with E-state index >= 15 is 0 Å². The Labute approximate surface area is 105 Å². The van der Waals surface area contributed by atoms with Crippen LogP contribution in [0.4, 0.5) is 0 Å². The predicted molar refractivity (Wildman–Crippen MR) is 68.2 cm³/mol. The van der Waals surface area contributed by atoms with Gasteiger partial charge in [0.25, 0.3) is 0 Å². The molecule has 1 aliphatic heterocycles. The quantitative estimate of drug-likeness (QED) is 0.741. The Bertz CT molecular complexity index is 225. The predicted octanol–water partition coefficient (Wildman–Crippen LogP) is 1.32. The van der Waals surface area contributed by atoms with Crippen molar-refractivity contribution in [2.75, 3.05) is 26.9 Å². The molecule has 0 bridgehead atoms. The van der Waals surface area contributed by atoms with Crippen molar-refractivity contribution in [2.24, 2.45) is 0 Å². The van der Waals surface area contributed by atoms with Gasteiger partial charge in [0.1, 0.15) is 0 Å². The molecular weight excluding hydrogens is 218 g/mol. The van der Waals surface area contributed by atoms with E-state index in [-0.39, 0.29) is 5.60 Å².